The summed E-state index contributed by atoms with van der Waals surface area (Å²) in [4.78, 5) is 0. The van der Waals surface area contributed by atoms with E-state index >= 15 is 0 Å². The SMILES string of the molecule is CCCNCc1cc(Cn2nc(C)cc2C)oc1C. The first-order valence-corrected chi connectivity index (χ1v) is 6.90. The van der Waals surface area contributed by atoms with Gasteiger partial charge >= 0.3 is 0 Å². The van der Waals surface area contributed by atoms with Gasteiger partial charge in [-0.05, 0) is 45.9 Å². The molecule has 0 aliphatic heterocycles. The lowest BCUT2D eigenvalue weighted by atomic mass is 10.2. The Kier molecular flexibility index (Phi) is 4.43. The molecule has 2 heterocycles. The van der Waals surface area contributed by atoms with Crippen LogP contribution in [-0.4, -0.2) is 16.3 Å². The van der Waals surface area contributed by atoms with Gasteiger partial charge < -0.3 is 9.73 Å². The van der Waals surface area contributed by atoms with Gasteiger partial charge in [0.1, 0.15) is 11.5 Å². The smallest absolute Gasteiger partial charge is 0.125 e. The van der Waals surface area contributed by atoms with Gasteiger partial charge in [-0.3, -0.25) is 4.68 Å². The van der Waals surface area contributed by atoms with Crippen LogP contribution in [0.4, 0.5) is 0 Å². The van der Waals surface area contributed by atoms with Gasteiger partial charge in [-0.2, -0.15) is 5.10 Å². The maximum absolute atomic E-state index is 5.81. The number of aromatic nitrogens is 2. The third kappa shape index (κ3) is 3.47. The highest BCUT2D eigenvalue weighted by molar-refractivity contribution is 5.21. The highest BCUT2D eigenvalue weighted by atomic mass is 16.3. The van der Waals surface area contributed by atoms with Gasteiger partial charge in [0.05, 0.1) is 12.2 Å². The summed E-state index contributed by atoms with van der Waals surface area (Å²) >= 11 is 0. The van der Waals surface area contributed by atoms with E-state index in [1.54, 1.807) is 0 Å². The molecule has 0 amide bonds. The number of rotatable bonds is 6. The monoisotopic (exact) mass is 261 g/mol. The predicted octanol–water partition coefficient (Wildman–Crippen LogP) is 2.95. The number of furan rings is 1. The standard InChI is InChI=1S/C15H23N3O/c1-5-6-16-9-14-8-15(19-13(14)4)10-18-12(3)7-11(2)17-18/h7-8,16H,5-6,9-10H2,1-4H3. The number of hydrogen-bond donors (Lipinski definition) is 1. The Morgan fingerprint density at radius 1 is 1.26 bits per heavy atom. The minimum absolute atomic E-state index is 0.703. The number of aryl methyl sites for hydroxylation is 3. The summed E-state index contributed by atoms with van der Waals surface area (Å²) in [5.41, 5.74) is 3.45. The second kappa shape index (κ2) is 6.06. The molecule has 0 aliphatic carbocycles. The zero-order valence-electron chi connectivity index (χ0n) is 12.3. The second-order valence-electron chi connectivity index (χ2n) is 5.06. The average Bonchev–Trinajstić information content (AvgIpc) is 2.84. The molecule has 0 unspecified atom stereocenters. The normalized spacial score (nSPS) is 11.2. The molecule has 1 N–H and O–H groups in total. The second-order valence-corrected chi connectivity index (χ2v) is 5.06. The fourth-order valence-corrected chi connectivity index (χ4v) is 2.22. The fourth-order valence-electron chi connectivity index (χ4n) is 2.22. The average molecular weight is 261 g/mol. The van der Waals surface area contributed by atoms with Crippen LogP contribution >= 0.6 is 0 Å². The summed E-state index contributed by atoms with van der Waals surface area (Å²) in [6, 6.07) is 4.22. The van der Waals surface area contributed by atoms with Crippen molar-refractivity contribution in [3.8, 4) is 0 Å². The lowest BCUT2D eigenvalue weighted by Gasteiger charge is -2.00. The highest BCUT2D eigenvalue weighted by Crippen LogP contribution is 2.16. The van der Waals surface area contributed by atoms with Crippen molar-refractivity contribution in [1.29, 1.82) is 0 Å². The topological polar surface area (TPSA) is 43.0 Å². The number of hydrogen-bond acceptors (Lipinski definition) is 3. The van der Waals surface area contributed by atoms with Gasteiger partial charge in [-0.15, -0.1) is 0 Å². The van der Waals surface area contributed by atoms with E-state index in [1.807, 2.05) is 18.5 Å². The lowest BCUT2D eigenvalue weighted by Crippen LogP contribution is -2.13. The van der Waals surface area contributed by atoms with Crippen LogP contribution in [0.5, 0.6) is 0 Å². The van der Waals surface area contributed by atoms with E-state index in [0.717, 1.165) is 42.4 Å². The Morgan fingerprint density at radius 2 is 2.05 bits per heavy atom. The molecule has 4 nitrogen and oxygen atoms in total. The van der Waals surface area contributed by atoms with E-state index in [4.69, 9.17) is 4.42 Å². The quantitative estimate of drug-likeness (QED) is 0.813. The highest BCUT2D eigenvalue weighted by Gasteiger charge is 2.09. The van der Waals surface area contributed by atoms with Crippen molar-refractivity contribution in [2.75, 3.05) is 6.54 Å². The van der Waals surface area contributed by atoms with Gasteiger partial charge in [0.25, 0.3) is 0 Å². The molecule has 0 fully saturated rings. The summed E-state index contributed by atoms with van der Waals surface area (Å²) in [6.45, 7) is 10.9. The first-order valence-electron chi connectivity index (χ1n) is 6.90. The van der Waals surface area contributed by atoms with Crippen molar-refractivity contribution >= 4 is 0 Å². The molecule has 0 aliphatic rings. The Labute approximate surface area is 114 Å². The summed E-state index contributed by atoms with van der Waals surface area (Å²) in [7, 11) is 0. The largest absolute Gasteiger partial charge is 0.464 e. The Bertz CT molecular complexity index is 540. The molecule has 0 saturated heterocycles. The molecular formula is C15H23N3O. The summed E-state index contributed by atoms with van der Waals surface area (Å²) in [5, 5.41) is 7.86. The predicted molar refractivity (Wildman–Crippen MR) is 76.2 cm³/mol. The van der Waals surface area contributed by atoms with E-state index in [2.05, 4.69) is 36.4 Å². The molecule has 0 spiro atoms. The summed E-state index contributed by atoms with van der Waals surface area (Å²) in [5.74, 6) is 1.97. The molecular weight excluding hydrogens is 238 g/mol. The Balaban J connectivity index is 2.05. The Hall–Kier alpha value is -1.55. The maximum atomic E-state index is 5.81. The summed E-state index contributed by atoms with van der Waals surface area (Å²) in [6.07, 6.45) is 1.15. The van der Waals surface area contributed by atoms with Crippen LogP contribution in [0.25, 0.3) is 0 Å². The van der Waals surface area contributed by atoms with Gasteiger partial charge in [-0.25, -0.2) is 0 Å². The van der Waals surface area contributed by atoms with E-state index < -0.39 is 0 Å². The molecule has 2 aromatic heterocycles. The molecule has 104 valence electrons. The molecule has 0 radical (unpaired) electrons. The molecule has 19 heavy (non-hydrogen) atoms. The zero-order chi connectivity index (χ0) is 13.8. The van der Waals surface area contributed by atoms with Crippen molar-refractivity contribution in [2.45, 2.75) is 47.2 Å². The van der Waals surface area contributed by atoms with Gasteiger partial charge in [-0.1, -0.05) is 6.92 Å². The minimum atomic E-state index is 0.703. The first kappa shape index (κ1) is 13.9. The number of nitrogens with zero attached hydrogens (tertiary/aromatic N) is 2. The van der Waals surface area contributed by atoms with Crippen LogP contribution in [-0.2, 0) is 13.1 Å². The van der Waals surface area contributed by atoms with E-state index in [0.29, 0.717) is 6.54 Å². The molecule has 2 rings (SSSR count). The van der Waals surface area contributed by atoms with Crippen LogP contribution in [0, 0.1) is 20.8 Å². The van der Waals surface area contributed by atoms with Crippen molar-refractivity contribution in [3.05, 3.63) is 40.6 Å². The number of nitrogens with one attached hydrogen (secondary N) is 1. The van der Waals surface area contributed by atoms with E-state index in [-0.39, 0.29) is 0 Å². The first-order chi connectivity index (χ1) is 9.10. The molecule has 2 aromatic rings. The maximum Gasteiger partial charge on any atom is 0.125 e. The van der Waals surface area contributed by atoms with Crippen molar-refractivity contribution in [3.63, 3.8) is 0 Å². The molecule has 0 atom stereocenters. The van der Waals surface area contributed by atoms with Crippen LogP contribution < -0.4 is 5.32 Å². The third-order valence-electron chi connectivity index (χ3n) is 3.22. The summed E-state index contributed by atoms with van der Waals surface area (Å²) < 4.78 is 7.80. The van der Waals surface area contributed by atoms with Crippen LogP contribution in [0.15, 0.2) is 16.5 Å². The van der Waals surface area contributed by atoms with E-state index in [9.17, 15) is 0 Å². The molecule has 0 aromatic carbocycles. The van der Waals surface area contributed by atoms with Crippen LogP contribution in [0.3, 0.4) is 0 Å². The molecule has 4 heteroatoms. The van der Waals surface area contributed by atoms with Crippen molar-refractivity contribution in [2.24, 2.45) is 0 Å². The van der Waals surface area contributed by atoms with Gasteiger partial charge in [0, 0.05) is 17.8 Å². The Morgan fingerprint density at radius 3 is 2.68 bits per heavy atom. The fraction of sp³-hybridized carbons (Fsp3) is 0.533. The van der Waals surface area contributed by atoms with Gasteiger partial charge in [0.2, 0.25) is 0 Å². The lowest BCUT2D eigenvalue weighted by molar-refractivity contribution is 0.453. The van der Waals surface area contributed by atoms with Crippen LogP contribution in [0.1, 0.15) is 41.8 Å². The van der Waals surface area contributed by atoms with Crippen molar-refractivity contribution < 1.29 is 4.42 Å². The zero-order valence-corrected chi connectivity index (χ0v) is 12.3. The van der Waals surface area contributed by atoms with Crippen LogP contribution in [0.2, 0.25) is 0 Å². The van der Waals surface area contributed by atoms with Crippen molar-refractivity contribution in [1.82, 2.24) is 15.1 Å². The minimum Gasteiger partial charge on any atom is -0.464 e. The van der Waals surface area contributed by atoms with Gasteiger partial charge in [0.15, 0.2) is 0 Å². The third-order valence-corrected chi connectivity index (χ3v) is 3.22. The molecule has 0 saturated carbocycles. The molecule has 0 bridgehead atoms. The van der Waals surface area contributed by atoms with E-state index in [1.165, 1.54) is 5.56 Å².